The van der Waals surface area contributed by atoms with Crippen molar-refractivity contribution in [2.24, 2.45) is 0 Å². The number of benzene rings is 2. The molecule has 0 bridgehead atoms. The van der Waals surface area contributed by atoms with Crippen molar-refractivity contribution in [3.8, 4) is 11.5 Å². The number of carbonyl (C=O) groups is 1. The zero-order valence-corrected chi connectivity index (χ0v) is 14.4. The van der Waals surface area contributed by atoms with Gasteiger partial charge in [0.2, 0.25) is 5.91 Å². The lowest BCUT2D eigenvalue weighted by atomic mass is 10.1. The first-order valence-corrected chi connectivity index (χ1v) is 7.87. The summed E-state index contributed by atoms with van der Waals surface area (Å²) in [4.78, 5) is 11.9. The van der Waals surface area contributed by atoms with Crippen molar-refractivity contribution in [3.05, 3.63) is 59.2 Å². The first kappa shape index (κ1) is 17.8. The van der Waals surface area contributed by atoms with E-state index in [4.69, 9.17) is 9.47 Å². The fourth-order valence-corrected chi connectivity index (χ4v) is 2.38. The predicted octanol–water partition coefficient (Wildman–Crippen LogP) is 2.42. The Kier molecular flexibility index (Phi) is 6.63. The van der Waals surface area contributed by atoms with E-state index in [1.54, 1.807) is 14.2 Å². The highest BCUT2D eigenvalue weighted by atomic mass is 16.5. The van der Waals surface area contributed by atoms with Crippen LogP contribution in [0.1, 0.15) is 16.7 Å². The topological polar surface area (TPSA) is 59.6 Å². The number of carbonyl (C=O) groups excluding carboxylic acids is 1. The minimum atomic E-state index is -0.0290. The summed E-state index contributed by atoms with van der Waals surface area (Å²) >= 11 is 0. The van der Waals surface area contributed by atoms with Gasteiger partial charge in [0.05, 0.1) is 20.8 Å². The molecule has 2 aromatic rings. The van der Waals surface area contributed by atoms with Gasteiger partial charge in [-0.1, -0.05) is 30.3 Å². The zero-order valence-electron chi connectivity index (χ0n) is 14.4. The second kappa shape index (κ2) is 8.93. The highest BCUT2D eigenvalue weighted by molar-refractivity contribution is 5.78. The SMILES string of the molecule is COc1ccc(CNCC(=O)NCc2ccccc2C)cc1OC. The Hall–Kier alpha value is -2.53. The second-order valence-corrected chi connectivity index (χ2v) is 5.50. The summed E-state index contributed by atoms with van der Waals surface area (Å²) < 4.78 is 10.5. The summed E-state index contributed by atoms with van der Waals surface area (Å²) in [5.74, 6) is 1.34. The highest BCUT2D eigenvalue weighted by Crippen LogP contribution is 2.27. The molecule has 2 N–H and O–H groups in total. The molecule has 0 saturated heterocycles. The smallest absolute Gasteiger partial charge is 0.234 e. The van der Waals surface area contributed by atoms with Gasteiger partial charge in [-0.25, -0.2) is 0 Å². The summed E-state index contributed by atoms with van der Waals surface area (Å²) in [6.07, 6.45) is 0. The number of hydrogen-bond acceptors (Lipinski definition) is 4. The summed E-state index contributed by atoms with van der Waals surface area (Å²) in [5, 5.41) is 6.05. The highest BCUT2D eigenvalue weighted by Gasteiger charge is 2.06. The van der Waals surface area contributed by atoms with Crippen molar-refractivity contribution in [1.29, 1.82) is 0 Å². The maximum Gasteiger partial charge on any atom is 0.234 e. The average molecular weight is 328 g/mol. The van der Waals surface area contributed by atoms with E-state index >= 15 is 0 Å². The molecule has 5 nitrogen and oxygen atoms in total. The van der Waals surface area contributed by atoms with Gasteiger partial charge in [0, 0.05) is 13.1 Å². The summed E-state index contributed by atoms with van der Waals surface area (Å²) in [7, 11) is 3.21. The van der Waals surface area contributed by atoms with Crippen molar-refractivity contribution in [1.82, 2.24) is 10.6 Å². The molecule has 0 aliphatic heterocycles. The monoisotopic (exact) mass is 328 g/mol. The number of ether oxygens (including phenoxy) is 2. The van der Waals surface area contributed by atoms with E-state index in [0.29, 0.717) is 24.6 Å². The van der Waals surface area contributed by atoms with Gasteiger partial charge in [-0.05, 0) is 35.7 Å². The van der Waals surface area contributed by atoms with Crippen LogP contribution in [0.2, 0.25) is 0 Å². The van der Waals surface area contributed by atoms with Gasteiger partial charge in [0.15, 0.2) is 11.5 Å². The van der Waals surface area contributed by atoms with Gasteiger partial charge in [0.1, 0.15) is 0 Å². The van der Waals surface area contributed by atoms with Gasteiger partial charge in [0.25, 0.3) is 0 Å². The molecular formula is C19H24N2O3. The molecule has 1 amide bonds. The third-order valence-corrected chi connectivity index (χ3v) is 3.80. The molecule has 0 aromatic heterocycles. The summed E-state index contributed by atoms with van der Waals surface area (Å²) in [5.41, 5.74) is 3.33. The van der Waals surface area contributed by atoms with E-state index in [-0.39, 0.29) is 12.5 Å². The molecule has 0 heterocycles. The van der Waals surface area contributed by atoms with Crippen molar-refractivity contribution in [2.75, 3.05) is 20.8 Å². The molecule has 0 aliphatic carbocycles. The maximum absolute atomic E-state index is 11.9. The van der Waals surface area contributed by atoms with E-state index in [9.17, 15) is 4.79 Å². The average Bonchev–Trinajstić information content (AvgIpc) is 2.61. The van der Waals surface area contributed by atoms with E-state index in [2.05, 4.69) is 10.6 Å². The fourth-order valence-electron chi connectivity index (χ4n) is 2.38. The van der Waals surface area contributed by atoms with Gasteiger partial charge >= 0.3 is 0 Å². The Labute approximate surface area is 143 Å². The van der Waals surface area contributed by atoms with Crippen molar-refractivity contribution in [3.63, 3.8) is 0 Å². The Morgan fingerprint density at radius 2 is 1.75 bits per heavy atom. The first-order chi connectivity index (χ1) is 11.6. The Balaban J connectivity index is 1.77. The van der Waals surface area contributed by atoms with Crippen LogP contribution in [-0.2, 0) is 17.9 Å². The molecule has 2 aromatic carbocycles. The molecule has 0 radical (unpaired) electrons. The van der Waals surface area contributed by atoms with Gasteiger partial charge in [-0.15, -0.1) is 0 Å². The van der Waals surface area contributed by atoms with Crippen LogP contribution in [-0.4, -0.2) is 26.7 Å². The minimum absolute atomic E-state index is 0.0290. The van der Waals surface area contributed by atoms with Gasteiger partial charge in [-0.2, -0.15) is 0 Å². The van der Waals surface area contributed by atoms with E-state index in [0.717, 1.165) is 11.1 Å². The first-order valence-electron chi connectivity index (χ1n) is 7.87. The number of hydrogen-bond donors (Lipinski definition) is 2. The van der Waals surface area contributed by atoms with Crippen LogP contribution in [0.25, 0.3) is 0 Å². The third-order valence-electron chi connectivity index (χ3n) is 3.80. The Bertz CT molecular complexity index is 686. The lowest BCUT2D eigenvalue weighted by Gasteiger charge is -2.11. The third kappa shape index (κ3) is 4.99. The summed E-state index contributed by atoms with van der Waals surface area (Å²) in [6, 6.07) is 13.7. The fraction of sp³-hybridized carbons (Fsp3) is 0.316. The number of methoxy groups -OCH3 is 2. The Morgan fingerprint density at radius 3 is 2.46 bits per heavy atom. The lowest BCUT2D eigenvalue weighted by molar-refractivity contribution is -0.120. The zero-order chi connectivity index (χ0) is 17.4. The minimum Gasteiger partial charge on any atom is -0.493 e. The van der Waals surface area contributed by atoms with Crippen LogP contribution < -0.4 is 20.1 Å². The normalized spacial score (nSPS) is 10.3. The van der Waals surface area contributed by atoms with Crippen molar-refractivity contribution >= 4 is 5.91 Å². The molecule has 0 fully saturated rings. The molecule has 0 atom stereocenters. The van der Waals surface area contributed by atoms with Crippen molar-refractivity contribution in [2.45, 2.75) is 20.0 Å². The molecule has 128 valence electrons. The predicted molar refractivity (Wildman–Crippen MR) is 94.3 cm³/mol. The number of rotatable bonds is 8. The largest absolute Gasteiger partial charge is 0.493 e. The van der Waals surface area contributed by atoms with Gasteiger partial charge in [-0.3, -0.25) is 4.79 Å². The molecule has 0 unspecified atom stereocenters. The van der Waals surface area contributed by atoms with Crippen LogP contribution in [0.3, 0.4) is 0 Å². The van der Waals surface area contributed by atoms with Crippen LogP contribution in [0, 0.1) is 6.92 Å². The molecule has 0 aliphatic rings. The summed E-state index contributed by atoms with van der Waals surface area (Å²) in [6.45, 7) is 3.43. The Morgan fingerprint density at radius 1 is 1.00 bits per heavy atom. The number of amides is 1. The maximum atomic E-state index is 11.9. The lowest BCUT2D eigenvalue weighted by Crippen LogP contribution is -2.33. The quantitative estimate of drug-likeness (QED) is 0.781. The molecule has 2 rings (SSSR count). The molecular weight excluding hydrogens is 304 g/mol. The number of aryl methyl sites for hydroxylation is 1. The van der Waals surface area contributed by atoms with Crippen LogP contribution in [0.15, 0.2) is 42.5 Å². The van der Waals surface area contributed by atoms with E-state index in [1.165, 1.54) is 5.56 Å². The second-order valence-electron chi connectivity index (χ2n) is 5.50. The molecule has 24 heavy (non-hydrogen) atoms. The van der Waals surface area contributed by atoms with Crippen LogP contribution >= 0.6 is 0 Å². The van der Waals surface area contributed by atoms with Crippen LogP contribution in [0.5, 0.6) is 11.5 Å². The molecule has 0 saturated carbocycles. The number of nitrogens with one attached hydrogen (secondary N) is 2. The van der Waals surface area contributed by atoms with Gasteiger partial charge < -0.3 is 20.1 Å². The standard InChI is InChI=1S/C19H24N2O3/c1-14-6-4-5-7-16(14)12-21-19(22)13-20-11-15-8-9-17(23-2)18(10-15)24-3/h4-10,20H,11-13H2,1-3H3,(H,21,22). The van der Waals surface area contributed by atoms with Crippen molar-refractivity contribution < 1.29 is 14.3 Å². The van der Waals surface area contributed by atoms with E-state index in [1.807, 2.05) is 49.4 Å². The van der Waals surface area contributed by atoms with E-state index < -0.39 is 0 Å². The van der Waals surface area contributed by atoms with Crippen LogP contribution in [0.4, 0.5) is 0 Å². The molecule has 5 heteroatoms. The molecule has 0 spiro atoms.